The fraction of sp³-hybridized carbons (Fsp3) is 0.292. The highest BCUT2D eigenvalue weighted by molar-refractivity contribution is 7.99. The summed E-state index contributed by atoms with van der Waals surface area (Å²) in [6.45, 7) is 1.86. The van der Waals surface area contributed by atoms with Crippen molar-refractivity contribution in [1.29, 1.82) is 0 Å². The molecule has 2 N–H and O–H groups in total. The number of ether oxygens (including phenoxy) is 1. The minimum Gasteiger partial charge on any atom is -0.462 e. The number of amides is 2. The zero-order chi connectivity index (χ0) is 26.5. The summed E-state index contributed by atoms with van der Waals surface area (Å²) >= 11 is 3.90. The lowest BCUT2D eigenvalue weighted by Crippen LogP contribution is -2.21. The lowest BCUT2D eigenvalue weighted by Gasteiger charge is -2.09. The number of esters is 1. The number of carbonyl (C=O) groups is 3. The van der Waals surface area contributed by atoms with Crippen LogP contribution in [0.4, 0.5) is 10.1 Å². The van der Waals surface area contributed by atoms with Crippen LogP contribution >= 0.6 is 34.4 Å². The molecule has 1 aliphatic carbocycles. The number of nitrogens with zero attached hydrogens (tertiary/aromatic N) is 5. The van der Waals surface area contributed by atoms with Crippen molar-refractivity contribution < 1.29 is 19.1 Å². The first kappa shape index (κ1) is 26.0. The molecule has 4 heterocycles. The molecule has 0 aromatic carbocycles. The SMILES string of the molecule is CCOC(=O)c1c(NC(=O)Cn2nc(-c3ccncc3)nc2SCC(=O)Nc2nccs2)sc2c1CCC2. The van der Waals surface area contributed by atoms with Crippen LogP contribution in [0.15, 0.2) is 41.3 Å². The van der Waals surface area contributed by atoms with E-state index in [4.69, 9.17) is 4.74 Å². The van der Waals surface area contributed by atoms with Crippen LogP contribution in [0.3, 0.4) is 0 Å². The molecule has 0 atom stereocenters. The molecule has 2 amide bonds. The Labute approximate surface area is 230 Å². The van der Waals surface area contributed by atoms with E-state index in [0.717, 1.165) is 47.0 Å². The number of aromatic nitrogens is 5. The van der Waals surface area contributed by atoms with Crippen LogP contribution in [0.5, 0.6) is 0 Å². The van der Waals surface area contributed by atoms with Gasteiger partial charge >= 0.3 is 5.97 Å². The number of fused-ring (bicyclic) bond motifs is 1. The van der Waals surface area contributed by atoms with Gasteiger partial charge in [-0.3, -0.25) is 14.6 Å². The Hall–Kier alpha value is -3.62. The number of hydrogen-bond acceptors (Lipinski definition) is 11. The monoisotopic (exact) mass is 569 g/mol. The number of thiophene rings is 1. The average molecular weight is 570 g/mol. The summed E-state index contributed by atoms with van der Waals surface area (Å²) in [7, 11) is 0. The van der Waals surface area contributed by atoms with E-state index in [1.165, 1.54) is 27.4 Å². The lowest BCUT2D eigenvalue weighted by molar-refractivity contribution is -0.117. The molecule has 14 heteroatoms. The van der Waals surface area contributed by atoms with Crippen molar-refractivity contribution in [2.24, 2.45) is 0 Å². The van der Waals surface area contributed by atoms with E-state index in [9.17, 15) is 14.4 Å². The summed E-state index contributed by atoms with van der Waals surface area (Å²) in [5.74, 6) is -0.576. The van der Waals surface area contributed by atoms with Crippen LogP contribution in [0, 0.1) is 0 Å². The van der Waals surface area contributed by atoms with Crippen molar-refractivity contribution >= 4 is 62.4 Å². The average Bonchev–Trinajstić information content (AvgIpc) is 3.69. The summed E-state index contributed by atoms with van der Waals surface area (Å²) in [6.07, 6.45) is 7.52. The molecule has 196 valence electrons. The molecule has 0 fully saturated rings. The number of pyridine rings is 1. The Kier molecular flexibility index (Phi) is 8.10. The standard InChI is InChI=1S/C24H23N7O4S3/c1-2-35-22(34)19-15-4-3-5-16(15)38-21(19)27-17(32)12-31-24(29-20(30-31)14-6-8-25-9-7-14)37-13-18(33)28-23-26-10-11-36-23/h6-11H,2-5,12-13H2,1H3,(H,27,32)(H,26,28,33). The van der Waals surface area contributed by atoms with E-state index in [1.807, 2.05) is 0 Å². The number of thiazole rings is 1. The van der Waals surface area contributed by atoms with Crippen LogP contribution in [0.1, 0.15) is 34.1 Å². The van der Waals surface area contributed by atoms with Crippen LogP contribution < -0.4 is 10.6 Å². The van der Waals surface area contributed by atoms with Gasteiger partial charge in [-0.1, -0.05) is 11.8 Å². The molecule has 0 unspecified atom stereocenters. The largest absolute Gasteiger partial charge is 0.462 e. The smallest absolute Gasteiger partial charge is 0.341 e. The number of hydrogen-bond donors (Lipinski definition) is 2. The van der Waals surface area contributed by atoms with Gasteiger partial charge in [0.2, 0.25) is 11.8 Å². The van der Waals surface area contributed by atoms with E-state index < -0.39 is 5.97 Å². The first-order valence-electron chi connectivity index (χ1n) is 11.8. The number of rotatable bonds is 10. The van der Waals surface area contributed by atoms with E-state index in [-0.39, 0.29) is 30.7 Å². The second-order valence-corrected chi connectivity index (χ2v) is 11.1. The van der Waals surface area contributed by atoms with E-state index >= 15 is 0 Å². The minimum absolute atomic E-state index is 0.0559. The second-order valence-electron chi connectivity index (χ2n) is 8.12. The molecular weight excluding hydrogens is 547 g/mol. The van der Waals surface area contributed by atoms with Gasteiger partial charge in [-0.15, -0.1) is 27.8 Å². The molecule has 4 aromatic heterocycles. The zero-order valence-corrected chi connectivity index (χ0v) is 22.8. The van der Waals surface area contributed by atoms with Gasteiger partial charge in [-0.2, -0.15) is 0 Å². The van der Waals surface area contributed by atoms with Gasteiger partial charge in [0.05, 0.1) is 17.9 Å². The van der Waals surface area contributed by atoms with Crippen molar-refractivity contribution in [3.05, 3.63) is 52.1 Å². The van der Waals surface area contributed by atoms with E-state index in [0.29, 0.717) is 26.7 Å². The molecule has 5 rings (SSSR count). The lowest BCUT2D eigenvalue weighted by atomic mass is 10.1. The van der Waals surface area contributed by atoms with Gasteiger partial charge in [-0.05, 0) is 43.9 Å². The fourth-order valence-electron chi connectivity index (χ4n) is 3.95. The van der Waals surface area contributed by atoms with Crippen LogP contribution in [0.2, 0.25) is 0 Å². The molecule has 0 radical (unpaired) electrons. The highest BCUT2D eigenvalue weighted by atomic mass is 32.2. The molecule has 0 saturated heterocycles. The van der Waals surface area contributed by atoms with Crippen molar-refractivity contribution in [3.63, 3.8) is 0 Å². The highest BCUT2D eigenvalue weighted by Gasteiger charge is 2.28. The van der Waals surface area contributed by atoms with Gasteiger partial charge in [0.1, 0.15) is 11.5 Å². The maximum Gasteiger partial charge on any atom is 0.341 e. The molecule has 0 bridgehead atoms. The van der Waals surface area contributed by atoms with Crippen LogP contribution in [-0.2, 0) is 33.7 Å². The number of carbonyl (C=O) groups excluding carboxylic acids is 3. The summed E-state index contributed by atoms with van der Waals surface area (Å²) in [5.41, 5.74) is 2.14. The van der Waals surface area contributed by atoms with Crippen molar-refractivity contribution in [3.8, 4) is 11.4 Å². The quantitative estimate of drug-likeness (QED) is 0.215. The molecule has 0 spiro atoms. The van der Waals surface area contributed by atoms with Gasteiger partial charge in [-0.25, -0.2) is 19.4 Å². The fourth-order valence-corrected chi connectivity index (χ4v) is 6.52. The first-order valence-corrected chi connectivity index (χ1v) is 14.5. The van der Waals surface area contributed by atoms with Crippen LogP contribution in [0.25, 0.3) is 11.4 Å². The number of thioether (sulfide) groups is 1. The molecule has 4 aromatic rings. The molecular formula is C24H23N7O4S3. The Morgan fingerprint density at radius 2 is 1.97 bits per heavy atom. The van der Waals surface area contributed by atoms with E-state index in [1.54, 1.807) is 43.0 Å². The Morgan fingerprint density at radius 1 is 1.13 bits per heavy atom. The number of nitrogens with one attached hydrogen (secondary N) is 2. The Morgan fingerprint density at radius 3 is 2.74 bits per heavy atom. The maximum atomic E-state index is 13.1. The summed E-state index contributed by atoms with van der Waals surface area (Å²) in [4.78, 5) is 51.9. The normalized spacial score (nSPS) is 12.2. The summed E-state index contributed by atoms with van der Waals surface area (Å²) in [6, 6.07) is 3.53. The highest BCUT2D eigenvalue weighted by Crippen LogP contribution is 2.39. The summed E-state index contributed by atoms with van der Waals surface area (Å²) in [5, 5.41) is 13.3. The maximum absolute atomic E-state index is 13.1. The minimum atomic E-state index is -0.426. The van der Waals surface area contributed by atoms with Crippen molar-refractivity contribution in [1.82, 2.24) is 24.7 Å². The number of anilines is 2. The van der Waals surface area contributed by atoms with Crippen molar-refractivity contribution in [2.75, 3.05) is 23.0 Å². The third kappa shape index (κ3) is 5.92. The third-order valence-electron chi connectivity index (χ3n) is 5.53. The predicted molar refractivity (Wildman–Crippen MR) is 146 cm³/mol. The van der Waals surface area contributed by atoms with Gasteiger partial charge < -0.3 is 15.4 Å². The van der Waals surface area contributed by atoms with Gasteiger partial charge in [0.15, 0.2) is 16.1 Å². The molecule has 11 nitrogen and oxygen atoms in total. The topological polar surface area (TPSA) is 141 Å². The number of aryl methyl sites for hydroxylation is 1. The second kappa shape index (κ2) is 11.8. The van der Waals surface area contributed by atoms with Gasteiger partial charge in [0.25, 0.3) is 0 Å². The predicted octanol–water partition coefficient (Wildman–Crippen LogP) is 3.89. The van der Waals surface area contributed by atoms with Crippen molar-refractivity contribution in [2.45, 2.75) is 37.9 Å². The third-order valence-corrected chi connectivity index (χ3v) is 8.40. The summed E-state index contributed by atoms with van der Waals surface area (Å²) < 4.78 is 6.71. The van der Waals surface area contributed by atoms with Gasteiger partial charge in [0, 0.05) is 34.4 Å². The Balaban J connectivity index is 1.34. The molecule has 38 heavy (non-hydrogen) atoms. The van der Waals surface area contributed by atoms with Crippen LogP contribution in [-0.4, -0.2) is 54.9 Å². The zero-order valence-electron chi connectivity index (χ0n) is 20.3. The van der Waals surface area contributed by atoms with E-state index in [2.05, 4.69) is 30.7 Å². The molecule has 0 saturated carbocycles. The Bertz CT molecular complexity index is 1450. The molecule has 0 aliphatic heterocycles. The molecule has 1 aliphatic rings. The first-order chi connectivity index (χ1) is 18.5.